The molecule has 3 aromatic carbocycles. The van der Waals surface area contributed by atoms with Gasteiger partial charge in [-0.15, -0.1) is 0 Å². The number of likely N-dealkylation sites (tertiary alicyclic amines) is 2. The van der Waals surface area contributed by atoms with Crippen molar-refractivity contribution in [3.8, 4) is 5.88 Å². The molecule has 6 rings (SSSR count). The minimum atomic E-state index is -3.92. The third-order valence-electron chi connectivity index (χ3n) is 8.21. The number of aromatic amines is 1. The summed E-state index contributed by atoms with van der Waals surface area (Å²) in [5, 5.41) is 20.8. The highest BCUT2D eigenvalue weighted by Gasteiger charge is 2.28. The number of carboxylic acid groups (broad SMARTS) is 1. The number of aromatic hydroxyl groups is 1. The van der Waals surface area contributed by atoms with Crippen LogP contribution in [0.25, 0.3) is 10.9 Å². The molecule has 0 unspecified atom stereocenters. The smallest absolute Gasteiger partial charge is 0.407 e. The second-order valence-electron chi connectivity index (χ2n) is 11.2. The Morgan fingerprint density at radius 2 is 1.65 bits per heavy atom. The molecule has 1 amide bonds. The number of H-pyrrole nitrogens is 1. The second-order valence-corrected chi connectivity index (χ2v) is 12.9. The van der Waals surface area contributed by atoms with Gasteiger partial charge in [0.2, 0.25) is 10.0 Å². The van der Waals surface area contributed by atoms with E-state index in [1.807, 2.05) is 42.5 Å². The maximum atomic E-state index is 13.4. The third-order valence-corrected chi connectivity index (χ3v) is 9.73. The lowest BCUT2D eigenvalue weighted by Crippen LogP contribution is -2.46. The quantitative estimate of drug-likeness (QED) is 0.208. The van der Waals surface area contributed by atoms with Crippen molar-refractivity contribution in [3.63, 3.8) is 0 Å². The zero-order valence-corrected chi connectivity index (χ0v) is 24.6. The first kappa shape index (κ1) is 28.9. The molecule has 0 atom stereocenters. The van der Waals surface area contributed by atoms with E-state index in [0.717, 1.165) is 30.9 Å². The van der Waals surface area contributed by atoms with Crippen LogP contribution in [0.15, 0.2) is 82.7 Å². The number of hydrogen-bond donors (Lipinski definition) is 4. The summed E-state index contributed by atoms with van der Waals surface area (Å²) in [4.78, 5) is 23.0. The molecular formula is C32H35N5O5S. The van der Waals surface area contributed by atoms with Crippen molar-refractivity contribution < 1.29 is 23.4 Å². The average Bonchev–Trinajstić information content (AvgIpc) is 3.64. The average molecular weight is 602 g/mol. The van der Waals surface area contributed by atoms with E-state index in [-0.39, 0.29) is 29.9 Å². The van der Waals surface area contributed by atoms with E-state index in [2.05, 4.69) is 26.7 Å². The fourth-order valence-corrected chi connectivity index (χ4v) is 7.24. The van der Waals surface area contributed by atoms with Gasteiger partial charge in [-0.05, 0) is 74.7 Å². The number of amides is 1. The largest absolute Gasteiger partial charge is 0.494 e. The molecule has 1 aromatic heterocycles. The van der Waals surface area contributed by atoms with Crippen molar-refractivity contribution in [1.29, 1.82) is 0 Å². The Morgan fingerprint density at radius 1 is 0.953 bits per heavy atom. The van der Waals surface area contributed by atoms with Crippen molar-refractivity contribution in [1.82, 2.24) is 19.5 Å². The Hall–Kier alpha value is -4.19. The first-order valence-electron chi connectivity index (χ1n) is 14.6. The molecule has 0 aliphatic carbocycles. The summed E-state index contributed by atoms with van der Waals surface area (Å²) in [7, 11) is -3.92. The summed E-state index contributed by atoms with van der Waals surface area (Å²) in [6.07, 6.45) is 2.27. The summed E-state index contributed by atoms with van der Waals surface area (Å²) in [6, 6.07) is 21.9. The number of nitrogens with one attached hydrogen (secondary N) is 2. The molecule has 0 radical (unpaired) electrons. The van der Waals surface area contributed by atoms with Crippen molar-refractivity contribution in [2.75, 3.05) is 26.2 Å². The van der Waals surface area contributed by atoms with Crippen LogP contribution in [0.3, 0.4) is 0 Å². The van der Waals surface area contributed by atoms with Gasteiger partial charge in [-0.25, -0.2) is 22.9 Å². The fraction of sp³-hybridized carbons (Fsp3) is 0.312. The molecule has 4 aromatic rings. The fourth-order valence-electron chi connectivity index (χ4n) is 5.90. The van der Waals surface area contributed by atoms with E-state index in [4.69, 9.17) is 4.99 Å². The van der Waals surface area contributed by atoms with E-state index in [9.17, 15) is 23.4 Å². The molecule has 10 nitrogen and oxygen atoms in total. The molecule has 2 fully saturated rings. The zero-order chi connectivity index (χ0) is 30.0. The highest BCUT2D eigenvalue weighted by atomic mass is 32.2. The molecule has 11 heteroatoms. The number of aromatic nitrogens is 1. The van der Waals surface area contributed by atoms with Gasteiger partial charge in [0, 0.05) is 42.1 Å². The molecule has 2 aliphatic rings. The first-order chi connectivity index (χ1) is 20.8. The number of rotatable bonds is 8. The van der Waals surface area contributed by atoms with Crippen molar-refractivity contribution >= 4 is 38.4 Å². The van der Waals surface area contributed by atoms with Gasteiger partial charge in [-0.3, -0.25) is 4.90 Å². The van der Waals surface area contributed by atoms with Crippen LogP contribution in [0, 0.1) is 0 Å². The van der Waals surface area contributed by atoms with Crippen LogP contribution in [0.2, 0.25) is 0 Å². The predicted octanol–water partition coefficient (Wildman–Crippen LogP) is 5.06. The van der Waals surface area contributed by atoms with Gasteiger partial charge in [-0.2, -0.15) is 0 Å². The number of aliphatic imine (C=N–C) groups is 1. The molecule has 3 heterocycles. The molecular weight excluding hydrogens is 566 g/mol. The van der Waals surface area contributed by atoms with E-state index in [0.29, 0.717) is 35.0 Å². The monoisotopic (exact) mass is 601 g/mol. The Labute approximate surface area is 250 Å². The van der Waals surface area contributed by atoms with Crippen LogP contribution >= 0.6 is 0 Å². The van der Waals surface area contributed by atoms with E-state index in [1.165, 1.54) is 29.4 Å². The lowest BCUT2D eigenvalue weighted by Gasteiger charge is -2.30. The number of hydrogen-bond acceptors (Lipinski definition) is 6. The lowest BCUT2D eigenvalue weighted by molar-refractivity contribution is 0.131. The van der Waals surface area contributed by atoms with Crippen LogP contribution < -0.4 is 4.72 Å². The molecule has 2 aliphatic heterocycles. The van der Waals surface area contributed by atoms with Crippen molar-refractivity contribution in [2.24, 2.45) is 4.99 Å². The number of fused-ring (bicyclic) bond motifs is 1. The van der Waals surface area contributed by atoms with Gasteiger partial charge in [0.05, 0.1) is 21.9 Å². The summed E-state index contributed by atoms with van der Waals surface area (Å²) >= 11 is 0. The number of carbonyl (C=O) groups is 1. The molecule has 0 bridgehead atoms. The third kappa shape index (κ3) is 6.43. The lowest BCUT2D eigenvalue weighted by atomic mass is 10.0. The normalized spacial score (nSPS) is 17.1. The van der Waals surface area contributed by atoms with Gasteiger partial charge in [0.25, 0.3) is 0 Å². The summed E-state index contributed by atoms with van der Waals surface area (Å²) < 4.78 is 29.6. The van der Waals surface area contributed by atoms with Gasteiger partial charge >= 0.3 is 6.09 Å². The van der Waals surface area contributed by atoms with Crippen LogP contribution in [-0.4, -0.2) is 77.4 Å². The first-order valence-corrected chi connectivity index (χ1v) is 16.1. The number of sulfonamides is 1. The number of nitrogens with zero attached hydrogens (tertiary/aromatic N) is 3. The minimum Gasteiger partial charge on any atom is -0.494 e. The maximum absolute atomic E-state index is 13.4. The second kappa shape index (κ2) is 12.2. The van der Waals surface area contributed by atoms with Crippen molar-refractivity contribution in [3.05, 3.63) is 89.5 Å². The van der Waals surface area contributed by atoms with Crippen LogP contribution in [0.4, 0.5) is 10.5 Å². The minimum absolute atomic E-state index is 0.0552. The molecule has 4 N–H and O–H groups in total. The van der Waals surface area contributed by atoms with Crippen molar-refractivity contribution in [2.45, 2.75) is 43.2 Å². The van der Waals surface area contributed by atoms with E-state index in [1.54, 1.807) is 12.1 Å². The van der Waals surface area contributed by atoms with E-state index < -0.39 is 16.1 Å². The highest BCUT2D eigenvalue weighted by Crippen LogP contribution is 2.33. The Bertz CT molecular complexity index is 1740. The molecule has 224 valence electrons. The Balaban J connectivity index is 1.33. The van der Waals surface area contributed by atoms with Gasteiger partial charge < -0.3 is 20.1 Å². The van der Waals surface area contributed by atoms with Crippen LogP contribution in [-0.2, 0) is 16.6 Å². The maximum Gasteiger partial charge on any atom is 0.407 e. The summed E-state index contributed by atoms with van der Waals surface area (Å²) in [5.41, 5.74) is 4.21. The molecule has 0 spiro atoms. The summed E-state index contributed by atoms with van der Waals surface area (Å²) in [5.74, 6) is -0.105. The Kier molecular flexibility index (Phi) is 8.20. The topological polar surface area (TPSA) is 138 Å². The SMILES string of the molecule is O=C(O)N1CCC(NS(=O)(=O)c2ccc3[nH]c(O)c(C(=Nc4ccc(CN5CCCC5)cc4)c4ccccc4)c3c2)CC1. The molecule has 43 heavy (non-hydrogen) atoms. The van der Waals surface area contributed by atoms with Gasteiger partial charge in [0.15, 0.2) is 5.88 Å². The van der Waals surface area contributed by atoms with Crippen LogP contribution in [0.1, 0.15) is 42.4 Å². The molecule has 0 saturated carbocycles. The zero-order valence-electron chi connectivity index (χ0n) is 23.7. The molecule has 2 saturated heterocycles. The number of piperidine rings is 1. The highest BCUT2D eigenvalue weighted by molar-refractivity contribution is 7.89. The standard InChI is InChI=1S/C32H35N5O5S/c38-31-29(27-20-26(12-13-28(27)34-31)43(41,42)35-25-14-18-37(19-15-25)32(39)40)30(23-6-2-1-3-7-23)33-24-10-8-22(9-11-24)21-36-16-4-5-17-36/h1-3,6-13,20,25,34-35,38H,4-5,14-19,21H2,(H,39,40). The predicted molar refractivity (Wildman–Crippen MR) is 166 cm³/mol. The van der Waals surface area contributed by atoms with Crippen LogP contribution in [0.5, 0.6) is 5.88 Å². The summed E-state index contributed by atoms with van der Waals surface area (Å²) in [6.45, 7) is 3.69. The number of benzene rings is 3. The Morgan fingerprint density at radius 3 is 2.33 bits per heavy atom. The van der Waals surface area contributed by atoms with Gasteiger partial charge in [0.1, 0.15) is 0 Å². The van der Waals surface area contributed by atoms with Gasteiger partial charge in [-0.1, -0.05) is 42.5 Å². The van der Waals surface area contributed by atoms with E-state index >= 15 is 0 Å².